The number of thioether (sulfide) groups is 1. The van der Waals surface area contributed by atoms with Gasteiger partial charge >= 0.3 is 0 Å². The van der Waals surface area contributed by atoms with Crippen molar-refractivity contribution in [1.29, 1.82) is 0 Å². The number of nitrogens with two attached hydrogens (primary N) is 1. The number of carbonyl (C=O) groups excluding carboxylic acids is 1. The summed E-state index contributed by atoms with van der Waals surface area (Å²) in [5.74, 6) is 2.25. The van der Waals surface area contributed by atoms with Crippen molar-refractivity contribution in [3.05, 3.63) is 16.0 Å². The smallest absolute Gasteiger partial charge is 0.163 e. The Kier molecular flexibility index (Phi) is 2.34. The maximum Gasteiger partial charge on any atom is 0.163 e. The van der Waals surface area contributed by atoms with Crippen LogP contribution in [0.15, 0.2) is 0 Å². The molecule has 0 aromatic carbocycles. The highest BCUT2D eigenvalue weighted by Gasteiger charge is 2.21. The molecule has 13 heavy (non-hydrogen) atoms. The third-order valence-electron chi connectivity index (χ3n) is 2.20. The fourth-order valence-corrected chi connectivity index (χ4v) is 3.94. The van der Waals surface area contributed by atoms with Crippen LogP contribution in [-0.4, -0.2) is 11.5 Å². The highest BCUT2D eigenvalue weighted by atomic mass is 32.2. The summed E-state index contributed by atoms with van der Waals surface area (Å²) in [5.41, 5.74) is 7.82. The van der Waals surface area contributed by atoms with Gasteiger partial charge in [0.25, 0.3) is 0 Å². The Labute approximate surface area is 85.5 Å². The third kappa shape index (κ3) is 1.48. The molecule has 0 aliphatic carbocycles. The predicted molar refractivity (Wildman–Crippen MR) is 58.6 cm³/mol. The molecule has 0 atom stereocenters. The van der Waals surface area contributed by atoms with E-state index in [-0.39, 0.29) is 5.78 Å². The van der Waals surface area contributed by atoms with Crippen LogP contribution in [0, 0.1) is 0 Å². The Morgan fingerprint density at radius 1 is 1.54 bits per heavy atom. The molecule has 0 fully saturated rings. The molecule has 1 aromatic heterocycles. The SMILES string of the molecule is CC(=O)c1c(N)sc2c1CCSC2. The Balaban J connectivity index is 2.54. The normalized spacial score (nSPS) is 15.5. The van der Waals surface area contributed by atoms with Crippen LogP contribution in [0.4, 0.5) is 5.00 Å². The number of rotatable bonds is 1. The largest absolute Gasteiger partial charge is 0.390 e. The van der Waals surface area contributed by atoms with E-state index in [1.54, 1.807) is 18.3 Å². The van der Waals surface area contributed by atoms with E-state index < -0.39 is 0 Å². The average molecular weight is 213 g/mol. The van der Waals surface area contributed by atoms with Gasteiger partial charge in [0, 0.05) is 10.6 Å². The standard InChI is InChI=1S/C9H11NOS2/c1-5(11)8-6-2-3-12-4-7(6)13-9(8)10/h2-4,10H2,1H3. The minimum absolute atomic E-state index is 0.113. The molecule has 2 heterocycles. The van der Waals surface area contributed by atoms with Crippen LogP contribution in [0.1, 0.15) is 27.7 Å². The fraction of sp³-hybridized carbons (Fsp3) is 0.444. The minimum atomic E-state index is 0.113. The first-order valence-corrected chi connectivity index (χ1v) is 6.16. The molecule has 0 radical (unpaired) electrons. The van der Waals surface area contributed by atoms with Gasteiger partial charge in [-0.25, -0.2) is 0 Å². The first kappa shape index (κ1) is 9.09. The van der Waals surface area contributed by atoms with Gasteiger partial charge in [0.05, 0.1) is 10.6 Å². The van der Waals surface area contributed by atoms with E-state index in [0.29, 0.717) is 5.00 Å². The first-order valence-electron chi connectivity index (χ1n) is 4.19. The average Bonchev–Trinajstić information content (AvgIpc) is 2.39. The number of Topliss-reactive ketones (excluding diaryl/α,β-unsaturated/α-hetero) is 1. The number of nitrogen functional groups attached to an aromatic ring is 1. The van der Waals surface area contributed by atoms with Gasteiger partial charge in [-0.2, -0.15) is 11.8 Å². The number of fused-ring (bicyclic) bond motifs is 1. The van der Waals surface area contributed by atoms with Crippen molar-refractivity contribution >= 4 is 33.9 Å². The second-order valence-electron chi connectivity index (χ2n) is 3.10. The summed E-state index contributed by atoms with van der Waals surface area (Å²) in [6, 6.07) is 0. The Bertz CT molecular complexity index is 357. The number of thiophene rings is 1. The maximum absolute atomic E-state index is 11.3. The molecule has 0 amide bonds. The first-order chi connectivity index (χ1) is 6.20. The molecule has 0 saturated heterocycles. The molecule has 1 aliphatic rings. The van der Waals surface area contributed by atoms with E-state index in [9.17, 15) is 4.79 Å². The molecule has 0 saturated carbocycles. The predicted octanol–water partition coefficient (Wildman–Crippen LogP) is 2.32. The topological polar surface area (TPSA) is 43.1 Å². The molecular formula is C9H11NOS2. The van der Waals surface area contributed by atoms with Gasteiger partial charge in [-0.15, -0.1) is 11.3 Å². The summed E-state index contributed by atoms with van der Waals surface area (Å²) in [7, 11) is 0. The van der Waals surface area contributed by atoms with E-state index in [0.717, 1.165) is 23.5 Å². The van der Waals surface area contributed by atoms with Gasteiger partial charge in [0.15, 0.2) is 5.78 Å². The lowest BCUT2D eigenvalue weighted by Gasteiger charge is -2.10. The van der Waals surface area contributed by atoms with Crippen molar-refractivity contribution < 1.29 is 4.79 Å². The summed E-state index contributed by atoms with van der Waals surface area (Å²) in [5, 5.41) is 0.708. The van der Waals surface area contributed by atoms with Gasteiger partial charge in [0.2, 0.25) is 0 Å². The summed E-state index contributed by atoms with van der Waals surface area (Å²) >= 11 is 3.50. The van der Waals surface area contributed by atoms with Gasteiger partial charge in [0.1, 0.15) is 0 Å². The summed E-state index contributed by atoms with van der Waals surface area (Å²) < 4.78 is 0. The van der Waals surface area contributed by atoms with Crippen LogP contribution >= 0.6 is 23.1 Å². The molecule has 1 aromatic rings. The third-order valence-corrected chi connectivity index (χ3v) is 4.43. The van der Waals surface area contributed by atoms with Crippen molar-refractivity contribution in [2.24, 2.45) is 0 Å². The summed E-state index contributed by atoms with van der Waals surface area (Å²) in [6.45, 7) is 1.60. The van der Waals surface area contributed by atoms with E-state index in [4.69, 9.17) is 5.73 Å². The highest BCUT2D eigenvalue weighted by molar-refractivity contribution is 7.98. The second kappa shape index (κ2) is 3.35. The molecule has 1 aliphatic heterocycles. The van der Waals surface area contributed by atoms with E-state index >= 15 is 0 Å². The molecule has 70 valence electrons. The second-order valence-corrected chi connectivity index (χ2v) is 5.34. The molecule has 0 bridgehead atoms. The quantitative estimate of drug-likeness (QED) is 0.728. The van der Waals surface area contributed by atoms with Gasteiger partial charge in [-0.3, -0.25) is 4.79 Å². The molecule has 2 nitrogen and oxygen atoms in total. The lowest BCUT2D eigenvalue weighted by atomic mass is 10.1. The number of hydrogen-bond donors (Lipinski definition) is 1. The number of hydrogen-bond acceptors (Lipinski definition) is 4. The van der Waals surface area contributed by atoms with Gasteiger partial charge < -0.3 is 5.73 Å². The zero-order chi connectivity index (χ0) is 9.42. The molecular weight excluding hydrogens is 202 g/mol. The number of anilines is 1. The molecule has 2 N–H and O–H groups in total. The lowest BCUT2D eigenvalue weighted by Crippen LogP contribution is -2.05. The summed E-state index contributed by atoms with van der Waals surface area (Å²) in [4.78, 5) is 12.6. The number of carbonyl (C=O) groups is 1. The monoisotopic (exact) mass is 213 g/mol. The molecule has 2 rings (SSSR count). The molecule has 0 spiro atoms. The van der Waals surface area contributed by atoms with Crippen LogP contribution < -0.4 is 5.73 Å². The van der Waals surface area contributed by atoms with Crippen LogP contribution in [0.2, 0.25) is 0 Å². The van der Waals surface area contributed by atoms with E-state index in [1.807, 2.05) is 11.8 Å². The van der Waals surface area contributed by atoms with E-state index in [2.05, 4.69) is 0 Å². The van der Waals surface area contributed by atoms with Crippen LogP contribution in [-0.2, 0) is 12.2 Å². The maximum atomic E-state index is 11.3. The number of ketones is 1. The van der Waals surface area contributed by atoms with Gasteiger partial charge in [-0.1, -0.05) is 0 Å². The van der Waals surface area contributed by atoms with Crippen LogP contribution in [0.3, 0.4) is 0 Å². The van der Waals surface area contributed by atoms with Crippen LogP contribution in [0.5, 0.6) is 0 Å². The van der Waals surface area contributed by atoms with Crippen molar-refractivity contribution in [3.8, 4) is 0 Å². The Morgan fingerprint density at radius 3 is 3.00 bits per heavy atom. The van der Waals surface area contributed by atoms with Crippen molar-refractivity contribution in [2.75, 3.05) is 11.5 Å². The Morgan fingerprint density at radius 2 is 2.31 bits per heavy atom. The molecule has 0 unspecified atom stereocenters. The zero-order valence-corrected chi connectivity index (χ0v) is 9.06. The van der Waals surface area contributed by atoms with Crippen molar-refractivity contribution in [2.45, 2.75) is 19.1 Å². The van der Waals surface area contributed by atoms with Gasteiger partial charge in [-0.05, 0) is 24.7 Å². The molecule has 4 heteroatoms. The zero-order valence-electron chi connectivity index (χ0n) is 7.42. The summed E-state index contributed by atoms with van der Waals surface area (Å²) in [6.07, 6.45) is 1.00. The van der Waals surface area contributed by atoms with E-state index in [1.165, 1.54) is 10.4 Å². The fourth-order valence-electron chi connectivity index (χ4n) is 1.64. The Hall–Kier alpha value is -0.480. The van der Waals surface area contributed by atoms with Crippen molar-refractivity contribution in [1.82, 2.24) is 0 Å². The van der Waals surface area contributed by atoms with Crippen molar-refractivity contribution in [3.63, 3.8) is 0 Å². The highest BCUT2D eigenvalue weighted by Crippen LogP contribution is 2.37. The minimum Gasteiger partial charge on any atom is -0.390 e. The van der Waals surface area contributed by atoms with Crippen LogP contribution in [0.25, 0.3) is 0 Å². The lowest BCUT2D eigenvalue weighted by molar-refractivity contribution is 0.101.